The lowest BCUT2D eigenvalue weighted by atomic mass is 10.2. The molecular formula is C16H17FN6O2. The van der Waals surface area contributed by atoms with Crippen molar-refractivity contribution in [2.45, 2.75) is 13.2 Å². The van der Waals surface area contributed by atoms with Crippen molar-refractivity contribution in [2.24, 2.45) is 0 Å². The Labute approximate surface area is 143 Å². The first-order chi connectivity index (χ1) is 12.2. The maximum Gasteiger partial charge on any atom is 0.260 e. The van der Waals surface area contributed by atoms with Gasteiger partial charge in [-0.3, -0.25) is 0 Å². The summed E-state index contributed by atoms with van der Waals surface area (Å²) in [7, 11) is 1.54. The number of benzene rings is 2. The fourth-order valence-corrected chi connectivity index (χ4v) is 2.18. The zero-order chi connectivity index (χ0) is 17.6. The van der Waals surface area contributed by atoms with Gasteiger partial charge in [0.15, 0.2) is 11.5 Å². The first-order valence-electron chi connectivity index (χ1n) is 7.48. The molecule has 3 rings (SSSR count). The van der Waals surface area contributed by atoms with Crippen molar-refractivity contribution < 1.29 is 13.9 Å². The van der Waals surface area contributed by atoms with Crippen molar-refractivity contribution in [1.82, 2.24) is 20.3 Å². The number of nitrogens with one attached hydrogen (secondary N) is 1. The predicted molar refractivity (Wildman–Crippen MR) is 89.0 cm³/mol. The summed E-state index contributed by atoms with van der Waals surface area (Å²) < 4.78 is 24.7. The molecule has 2 aromatic carbocycles. The number of aromatic nitrogens is 4. The van der Waals surface area contributed by atoms with Crippen molar-refractivity contribution in [3.8, 4) is 11.5 Å². The van der Waals surface area contributed by atoms with Crippen LogP contribution in [0.5, 0.6) is 11.5 Å². The number of anilines is 1. The van der Waals surface area contributed by atoms with E-state index < -0.39 is 0 Å². The number of hydrogen-bond acceptors (Lipinski definition) is 7. The summed E-state index contributed by atoms with van der Waals surface area (Å²) >= 11 is 0. The number of nitrogens with zero attached hydrogens (tertiary/aromatic N) is 4. The second-order valence-corrected chi connectivity index (χ2v) is 5.15. The Kier molecular flexibility index (Phi) is 4.93. The minimum Gasteiger partial charge on any atom is -0.493 e. The Morgan fingerprint density at radius 1 is 1.20 bits per heavy atom. The Hall–Kier alpha value is -3.36. The Morgan fingerprint density at radius 3 is 2.76 bits per heavy atom. The molecule has 25 heavy (non-hydrogen) atoms. The highest BCUT2D eigenvalue weighted by atomic mass is 19.1. The number of ether oxygens (including phenoxy) is 2. The van der Waals surface area contributed by atoms with Gasteiger partial charge in [0.25, 0.3) is 5.95 Å². The molecule has 3 N–H and O–H groups in total. The van der Waals surface area contributed by atoms with Crippen LogP contribution in [-0.2, 0) is 13.2 Å². The molecule has 9 heteroatoms. The van der Waals surface area contributed by atoms with Crippen molar-refractivity contribution in [3.05, 3.63) is 59.4 Å². The van der Waals surface area contributed by atoms with Gasteiger partial charge in [-0.25, -0.2) is 4.39 Å². The first kappa shape index (κ1) is 16.5. The quantitative estimate of drug-likeness (QED) is 0.673. The number of hydrogen-bond donors (Lipinski definition) is 2. The molecule has 3 aromatic rings. The van der Waals surface area contributed by atoms with E-state index in [-0.39, 0.29) is 18.4 Å². The summed E-state index contributed by atoms with van der Waals surface area (Å²) in [5.41, 5.74) is 9.92. The first-order valence-corrected chi connectivity index (χ1v) is 7.48. The van der Waals surface area contributed by atoms with E-state index >= 15 is 0 Å². The van der Waals surface area contributed by atoms with Crippen LogP contribution in [-0.4, -0.2) is 27.4 Å². The molecule has 0 saturated heterocycles. The highest BCUT2D eigenvalue weighted by molar-refractivity contribution is 5.43. The minimum atomic E-state index is -0.304. The van der Waals surface area contributed by atoms with Crippen LogP contribution in [0.25, 0.3) is 0 Å². The van der Waals surface area contributed by atoms with Gasteiger partial charge in [-0.2, -0.15) is 0 Å². The van der Waals surface area contributed by atoms with E-state index in [4.69, 9.17) is 15.2 Å². The van der Waals surface area contributed by atoms with E-state index in [1.54, 1.807) is 31.4 Å². The van der Waals surface area contributed by atoms with E-state index in [2.05, 4.69) is 21.0 Å². The smallest absolute Gasteiger partial charge is 0.260 e. The van der Waals surface area contributed by atoms with Crippen LogP contribution in [0.15, 0.2) is 42.5 Å². The fraction of sp³-hybridized carbons (Fsp3) is 0.188. The van der Waals surface area contributed by atoms with Crippen molar-refractivity contribution in [2.75, 3.05) is 18.3 Å². The monoisotopic (exact) mass is 344 g/mol. The molecule has 0 aliphatic rings. The lowest BCUT2D eigenvalue weighted by molar-refractivity contribution is 0.279. The fourth-order valence-electron chi connectivity index (χ4n) is 2.18. The van der Waals surface area contributed by atoms with E-state index in [0.717, 1.165) is 5.56 Å². The molecule has 0 aliphatic heterocycles. The van der Waals surface area contributed by atoms with Gasteiger partial charge in [-0.05, 0) is 34.2 Å². The van der Waals surface area contributed by atoms with Crippen LogP contribution in [0.2, 0.25) is 0 Å². The Morgan fingerprint density at radius 2 is 2.04 bits per heavy atom. The van der Waals surface area contributed by atoms with Crippen LogP contribution in [0.3, 0.4) is 0 Å². The van der Waals surface area contributed by atoms with Gasteiger partial charge in [0.05, 0.1) is 13.7 Å². The van der Waals surface area contributed by atoms with Gasteiger partial charge in [0.1, 0.15) is 12.4 Å². The molecule has 0 atom stereocenters. The molecule has 0 bridgehead atoms. The van der Waals surface area contributed by atoms with Crippen LogP contribution >= 0.6 is 0 Å². The molecule has 1 aromatic heterocycles. The molecule has 0 spiro atoms. The second-order valence-electron chi connectivity index (χ2n) is 5.15. The molecular weight excluding hydrogens is 327 g/mol. The maximum atomic E-state index is 13.7. The van der Waals surface area contributed by atoms with Crippen molar-refractivity contribution in [1.29, 1.82) is 0 Å². The van der Waals surface area contributed by atoms with Gasteiger partial charge < -0.3 is 20.6 Å². The Balaban J connectivity index is 1.67. The predicted octanol–water partition coefficient (Wildman–Crippen LogP) is 1.73. The second kappa shape index (κ2) is 7.47. The van der Waals surface area contributed by atoms with Crippen molar-refractivity contribution in [3.63, 3.8) is 0 Å². The third-order valence-electron chi connectivity index (χ3n) is 3.50. The number of rotatable bonds is 7. The summed E-state index contributed by atoms with van der Waals surface area (Å²) in [4.78, 5) is 1.27. The van der Waals surface area contributed by atoms with E-state index in [1.165, 1.54) is 10.9 Å². The molecule has 8 nitrogen and oxygen atoms in total. The lowest BCUT2D eigenvalue weighted by Crippen LogP contribution is -2.18. The average Bonchev–Trinajstić information content (AvgIpc) is 3.04. The van der Waals surface area contributed by atoms with E-state index in [0.29, 0.717) is 23.6 Å². The zero-order valence-electron chi connectivity index (χ0n) is 13.5. The molecule has 0 radical (unpaired) electrons. The van der Waals surface area contributed by atoms with Gasteiger partial charge >= 0.3 is 0 Å². The van der Waals surface area contributed by atoms with Crippen LogP contribution in [0.1, 0.15) is 11.1 Å². The molecule has 0 amide bonds. The van der Waals surface area contributed by atoms with Gasteiger partial charge in [0.2, 0.25) is 0 Å². The van der Waals surface area contributed by atoms with Crippen molar-refractivity contribution >= 4 is 5.95 Å². The highest BCUT2D eigenvalue weighted by Crippen LogP contribution is 2.29. The summed E-state index contributed by atoms with van der Waals surface area (Å²) in [6.07, 6.45) is 0. The van der Waals surface area contributed by atoms with Gasteiger partial charge in [-0.15, -0.1) is 4.79 Å². The molecule has 0 fully saturated rings. The summed E-state index contributed by atoms with van der Waals surface area (Å²) in [5.74, 6) is 0.926. The van der Waals surface area contributed by atoms with Gasteiger partial charge in [0, 0.05) is 5.56 Å². The third-order valence-corrected chi connectivity index (χ3v) is 3.50. The SMILES string of the molecule is COc1cc(CNn2nnnc2N)ccc1OCc1ccccc1F. The topological polar surface area (TPSA) is 100 Å². The minimum absolute atomic E-state index is 0.113. The number of tetrazole rings is 1. The molecule has 130 valence electrons. The summed E-state index contributed by atoms with van der Waals surface area (Å²) in [6, 6.07) is 11.9. The molecule has 0 unspecified atom stereocenters. The Bertz CT molecular complexity index is 854. The largest absolute Gasteiger partial charge is 0.493 e. The van der Waals surface area contributed by atoms with Crippen LogP contribution in [0, 0.1) is 5.82 Å². The molecule has 0 aliphatic carbocycles. The van der Waals surface area contributed by atoms with Gasteiger partial charge in [-0.1, -0.05) is 29.4 Å². The average molecular weight is 344 g/mol. The van der Waals surface area contributed by atoms with E-state index in [1.807, 2.05) is 12.1 Å². The maximum absolute atomic E-state index is 13.7. The zero-order valence-corrected chi connectivity index (χ0v) is 13.5. The number of nitrogen functional groups attached to an aromatic ring is 1. The summed E-state index contributed by atoms with van der Waals surface area (Å²) in [5, 5.41) is 10.7. The lowest BCUT2D eigenvalue weighted by Gasteiger charge is -2.13. The normalized spacial score (nSPS) is 10.5. The number of halogens is 1. The standard InChI is InChI=1S/C16H17FN6O2/c1-24-15-8-11(9-19-23-16(18)20-21-22-23)6-7-14(15)25-10-12-4-2-3-5-13(12)17/h2-8,19H,9-10H2,1H3,(H2,18,20,22). The van der Waals surface area contributed by atoms with Crippen LogP contribution in [0.4, 0.5) is 10.3 Å². The molecule has 1 heterocycles. The summed E-state index contributed by atoms with van der Waals surface area (Å²) in [6.45, 7) is 0.543. The highest BCUT2D eigenvalue weighted by Gasteiger charge is 2.09. The van der Waals surface area contributed by atoms with E-state index in [9.17, 15) is 4.39 Å². The van der Waals surface area contributed by atoms with Crippen LogP contribution < -0.4 is 20.6 Å². The third kappa shape index (κ3) is 3.94. The molecule has 0 saturated carbocycles. The number of nitrogens with two attached hydrogens (primary N) is 1. The number of methoxy groups -OCH3 is 1.